The molecule has 0 fully saturated rings. The smallest absolute Gasteiger partial charge is 0.329 e. The van der Waals surface area contributed by atoms with Crippen LogP contribution >= 0.6 is 11.6 Å². The number of benzene rings is 2. The number of hydrogen-bond acceptors (Lipinski definition) is 8. The third-order valence-corrected chi connectivity index (χ3v) is 5.40. The van der Waals surface area contributed by atoms with Crippen molar-refractivity contribution in [3.63, 3.8) is 0 Å². The van der Waals surface area contributed by atoms with Crippen LogP contribution in [-0.2, 0) is 13.6 Å². The van der Waals surface area contributed by atoms with E-state index in [1.165, 1.54) is 16.2 Å². The van der Waals surface area contributed by atoms with Crippen molar-refractivity contribution in [1.29, 1.82) is 0 Å². The van der Waals surface area contributed by atoms with Gasteiger partial charge in [-0.15, -0.1) is 0 Å². The predicted octanol–water partition coefficient (Wildman–Crippen LogP) is 1.97. The second-order valence-electron chi connectivity index (χ2n) is 7.60. The Morgan fingerprint density at radius 3 is 2.54 bits per heavy atom. The molecule has 0 radical (unpaired) electrons. The molecule has 0 unspecified atom stereocenters. The monoisotopic (exact) mass is 498 g/mol. The molecule has 3 N–H and O–H groups in total. The highest BCUT2D eigenvalue weighted by atomic mass is 35.5. The molecule has 0 aliphatic carbocycles. The Kier molecular flexibility index (Phi) is 7.18. The van der Waals surface area contributed by atoms with Crippen LogP contribution in [0.3, 0.4) is 0 Å². The fourth-order valence-corrected chi connectivity index (χ4v) is 3.46. The number of aliphatic hydroxyl groups excluding tert-OH is 1. The first-order valence-electron chi connectivity index (χ1n) is 10.5. The third kappa shape index (κ3) is 5.53. The fourth-order valence-electron chi connectivity index (χ4n) is 3.34. The number of hydrogen-bond donors (Lipinski definition) is 3. The topological polar surface area (TPSA) is 136 Å². The first-order valence-corrected chi connectivity index (χ1v) is 10.9. The quantitative estimate of drug-likeness (QED) is 0.237. The second kappa shape index (κ2) is 10.5. The molecule has 0 saturated heterocycles. The number of nitrogens with zero attached hydrogens (tertiary/aromatic N) is 4. The van der Waals surface area contributed by atoms with Gasteiger partial charge in [-0.2, -0.15) is 10.1 Å². The summed E-state index contributed by atoms with van der Waals surface area (Å²) in [5.74, 6) is 1.42. The van der Waals surface area contributed by atoms with Crippen LogP contribution < -0.4 is 26.1 Å². The number of ether oxygens (including phenoxy) is 2. The number of halogens is 1. The summed E-state index contributed by atoms with van der Waals surface area (Å²) in [6.07, 6.45) is 0.553. The van der Waals surface area contributed by atoms with Gasteiger partial charge in [0.2, 0.25) is 5.95 Å². The number of methoxy groups -OCH3 is 1. The molecular formula is C23H23ClN6O5. The molecule has 2 aromatic heterocycles. The van der Waals surface area contributed by atoms with Gasteiger partial charge in [0.1, 0.15) is 24.2 Å². The maximum atomic E-state index is 12.6. The van der Waals surface area contributed by atoms with Crippen LogP contribution in [0.25, 0.3) is 11.2 Å². The molecule has 2 aromatic carbocycles. The number of aromatic nitrogens is 4. The molecular weight excluding hydrogens is 476 g/mol. The maximum Gasteiger partial charge on any atom is 0.329 e. The Labute approximate surface area is 204 Å². The highest BCUT2D eigenvalue weighted by Crippen LogP contribution is 2.18. The van der Waals surface area contributed by atoms with Gasteiger partial charge in [0.15, 0.2) is 11.2 Å². The number of fused-ring (bicyclic) bond motifs is 1. The summed E-state index contributed by atoms with van der Waals surface area (Å²) >= 11 is 5.88. The zero-order chi connectivity index (χ0) is 24.9. The van der Waals surface area contributed by atoms with E-state index in [-0.39, 0.29) is 30.3 Å². The van der Waals surface area contributed by atoms with Crippen LogP contribution in [0.1, 0.15) is 5.56 Å². The Bertz CT molecular complexity index is 1460. The number of imidazole rings is 1. The van der Waals surface area contributed by atoms with Crippen molar-refractivity contribution in [2.45, 2.75) is 12.6 Å². The SMILES string of the molecule is COc1ccc(/C=N/Nc2nc3c(c(=O)[nH]c(=O)n3C)n2C[C@H](O)COc2ccc(Cl)cc2)cc1. The zero-order valence-electron chi connectivity index (χ0n) is 18.9. The van der Waals surface area contributed by atoms with Crippen molar-refractivity contribution in [2.75, 3.05) is 19.1 Å². The molecule has 35 heavy (non-hydrogen) atoms. The summed E-state index contributed by atoms with van der Waals surface area (Å²) in [4.78, 5) is 31.3. The molecule has 4 aromatic rings. The molecule has 182 valence electrons. The van der Waals surface area contributed by atoms with Gasteiger partial charge in [-0.1, -0.05) is 11.6 Å². The van der Waals surface area contributed by atoms with Crippen molar-refractivity contribution in [2.24, 2.45) is 12.1 Å². The van der Waals surface area contributed by atoms with E-state index in [0.717, 1.165) is 5.56 Å². The van der Waals surface area contributed by atoms with Crippen molar-refractivity contribution < 1.29 is 14.6 Å². The molecule has 4 rings (SSSR count). The van der Waals surface area contributed by atoms with Crippen LogP contribution in [0.15, 0.2) is 63.2 Å². The van der Waals surface area contributed by atoms with E-state index in [4.69, 9.17) is 21.1 Å². The number of aryl methyl sites for hydroxylation is 1. The van der Waals surface area contributed by atoms with E-state index < -0.39 is 17.4 Å². The van der Waals surface area contributed by atoms with Gasteiger partial charge in [-0.3, -0.25) is 14.3 Å². The van der Waals surface area contributed by atoms with E-state index >= 15 is 0 Å². The van der Waals surface area contributed by atoms with Crippen LogP contribution in [0.4, 0.5) is 5.95 Å². The Morgan fingerprint density at radius 2 is 1.86 bits per heavy atom. The fraction of sp³-hybridized carbons (Fsp3) is 0.217. The van der Waals surface area contributed by atoms with E-state index in [0.29, 0.717) is 16.5 Å². The summed E-state index contributed by atoms with van der Waals surface area (Å²) in [6, 6.07) is 13.9. The van der Waals surface area contributed by atoms with Gasteiger partial charge in [0, 0.05) is 12.1 Å². The van der Waals surface area contributed by atoms with Gasteiger partial charge >= 0.3 is 5.69 Å². The summed E-state index contributed by atoms with van der Waals surface area (Å²) in [5, 5.41) is 15.4. The van der Waals surface area contributed by atoms with Gasteiger partial charge in [0.25, 0.3) is 5.56 Å². The van der Waals surface area contributed by atoms with E-state index in [2.05, 4.69) is 20.5 Å². The molecule has 0 aliphatic rings. The number of rotatable bonds is 9. The molecule has 1 atom stereocenters. The van der Waals surface area contributed by atoms with E-state index in [9.17, 15) is 14.7 Å². The molecule has 0 spiro atoms. The lowest BCUT2D eigenvalue weighted by Gasteiger charge is -2.15. The lowest BCUT2D eigenvalue weighted by atomic mass is 10.2. The first-order chi connectivity index (χ1) is 16.9. The lowest BCUT2D eigenvalue weighted by molar-refractivity contribution is 0.0938. The molecule has 0 amide bonds. The zero-order valence-corrected chi connectivity index (χ0v) is 19.7. The largest absolute Gasteiger partial charge is 0.497 e. The van der Waals surface area contributed by atoms with E-state index in [1.807, 2.05) is 12.1 Å². The van der Waals surface area contributed by atoms with E-state index in [1.54, 1.807) is 49.7 Å². The number of nitrogens with one attached hydrogen (secondary N) is 2. The molecule has 12 heteroatoms. The van der Waals surface area contributed by atoms with Crippen molar-refractivity contribution in [1.82, 2.24) is 19.1 Å². The predicted molar refractivity (Wildman–Crippen MR) is 133 cm³/mol. The summed E-state index contributed by atoms with van der Waals surface area (Å²) in [6.45, 7) is -0.106. The standard InChI is InChI=1S/C23H23ClN6O5/c1-29-20-19(21(32)27-23(29)33)30(12-16(31)13-35-18-9-5-15(24)6-10-18)22(26-20)28-25-11-14-3-7-17(34-2)8-4-14/h3-11,16,31H,12-13H2,1-2H3,(H,26,28)(H,27,32,33)/b25-11+/t16-/m0/s1. The van der Waals surface area contributed by atoms with Crippen molar-refractivity contribution >= 4 is 34.9 Å². The summed E-state index contributed by atoms with van der Waals surface area (Å²) in [7, 11) is 3.07. The highest BCUT2D eigenvalue weighted by Gasteiger charge is 2.20. The average molecular weight is 499 g/mol. The average Bonchev–Trinajstić information content (AvgIpc) is 3.21. The summed E-state index contributed by atoms with van der Waals surface area (Å²) in [5.41, 5.74) is 2.61. The third-order valence-electron chi connectivity index (χ3n) is 5.15. The Balaban J connectivity index is 1.59. The Hall–Kier alpha value is -4.09. The number of aromatic amines is 1. The Morgan fingerprint density at radius 1 is 1.17 bits per heavy atom. The van der Waals surface area contributed by atoms with Crippen molar-refractivity contribution in [3.05, 3.63) is 80.0 Å². The number of H-pyrrole nitrogens is 1. The normalized spacial score (nSPS) is 12.2. The number of anilines is 1. The van der Waals surface area contributed by atoms with Gasteiger partial charge in [-0.25, -0.2) is 10.2 Å². The van der Waals surface area contributed by atoms with Gasteiger partial charge in [0.05, 0.1) is 19.9 Å². The molecule has 0 aliphatic heterocycles. The van der Waals surface area contributed by atoms with Crippen LogP contribution in [-0.4, -0.2) is 50.2 Å². The minimum absolute atomic E-state index is 0.0498. The van der Waals surface area contributed by atoms with Gasteiger partial charge in [-0.05, 0) is 54.1 Å². The maximum absolute atomic E-state index is 12.6. The van der Waals surface area contributed by atoms with Crippen molar-refractivity contribution in [3.8, 4) is 11.5 Å². The number of aliphatic hydroxyl groups is 1. The second-order valence-corrected chi connectivity index (χ2v) is 8.03. The van der Waals surface area contributed by atoms with Crippen LogP contribution in [0, 0.1) is 0 Å². The highest BCUT2D eigenvalue weighted by molar-refractivity contribution is 6.30. The minimum atomic E-state index is -1.01. The van der Waals surface area contributed by atoms with Crippen LogP contribution in [0.2, 0.25) is 5.02 Å². The first kappa shape index (κ1) is 24.0. The number of hydrazone groups is 1. The van der Waals surface area contributed by atoms with Gasteiger partial charge < -0.3 is 19.1 Å². The lowest BCUT2D eigenvalue weighted by Crippen LogP contribution is -2.30. The minimum Gasteiger partial charge on any atom is -0.497 e. The molecule has 2 heterocycles. The molecule has 11 nitrogen and oxygen atoms in total. The van der Waals surface area contributed by atoms with Crippen LogP contribution in [0.5, 0.6) is 11.5 Å². The summed E-state index contributed by atoms with van der Waals surface area (Å²) < 4.78 is 13.4. The molecule has 0 saturated carbocycles. The molecule has 0 bridgehead atoms.